The van der Waals surface area contributed by atoms with Crippen LogP contribution in [-0.4, -0.2) is 12.6 Å². The summed E-state index contributed by atoms with van der Waals surface area (Å²) in [6, 6.07) is 10.0. The molecule has 0 spiro atoms. The second kappa shape index (κ2) is 3.21. The summed E-state index contributed by atoms with van der Waals surface area (Å²) in [4.78, 5) is 11.1. The van der Waals surface area contributed by atoms with Gasteiger partial charge < -0.3 is 4.74 Å². The van der Waals surface area contributed by atoms with Crippen LogP contribution in [0.3, 0.4) is 0 Å². The maximum absolute atomic E-state index is 11.1. The quantitative estimate of drug-likeness (QED) is 0.611. The van der Waals surface area contributed by atoms with E-state index < -0.39 is 0 Å². The van der Waals surface area contributed by atoms with Gasteiger partial charge in [0.1, 0.15) is 0 Å². The predicted molar refractivity (Wildman–Crippen MR) is 49.3 cm³/mol. The minimum atomic E-state index is -0.0751. The second-order valence-corrected chi connectivity index (χ2v) is 3.44. The average Bonchev–Trinajstić information content (AvgIpc) is 2.49. The fourth-order valence-corrected chi connectivity index (χ4v) is 1.70. The van der Waals surface area contributed by atoms with Crippen molar-refractivity contribution in [2.24, 2.45) is 5.92 Å². The van der Waals surface area contributed by atoms with E-state index in [9.17, 15) is 4.79 Å². The van der Waals surface area contributed by atoms with E-state index in [1.807, 2.05) is 37.3 Å². The molecular formula is C11H12O2. The third-order valence-electron chi connectivity index (χ3n) is 2.61. The highest BCUT2D eigenvalue weighted by Crippen LogP contribution is 2.30. The highest BCUT2D eigenvalue weighted by atomic mass is 16.5. The molecule has 13 heavy (non-hydrogen) atoms. The molecule has 1 fully saturated rings. The molecule has 2 heteroatoms. The first-order valence-corrected chi connectivity index (χ1v) is 4.50. The Morgan fingerprint density at radius 1 is 1.31 bits per heavy atom. The zero-order valence-corrected chi connectivity index (χ0v) is 7.57. The Morgan fingerprint density at radius 2 is 2.00 bits per heavy atom. The highest BCUT2D eigenvalue weighted by Gasteiger charge is 2.33. The van der Waals surface area contributed by atoms with Gasteiger partial charge in [0.05, 0.1) is 12.5 Å². The van der Waals surface area contributed by atoms with Gasteiger partial charge in [-0.2, -0.15) is 0 Å². The lowest BCUT2D eigenvalue weighted by Gasteiger charge is -2.10. The molecule has 1 heterocycles. The van der Waals surface area contributed by atoms with Crippen molar-refractivity contribution in [2.75, 3.05) is 6.61 Å². The maximum atomic E-state index is 11.1. The molecule has 0 radical (unpaired) electrons. The summed E-state index contributed by atoms with van der Waals surface area (Å²) in [6.45, 7) is 2.46. The van der Waals surface area contributed by atoms with Crippen molar-refractivity contribution in [3.63, 3.8) is 0 Å². The molecule has 2 nitrogen and oxygen atoms in total. The minimum absolute atomic E-state index is 0.00222. The van der Waals surface area contributed by atoms with Crippen LogP contribution in [0.4, 0.5) is 0 Å². The molecule has 2 atom stereocenters. The van der Waals surface area contributed by atoms with Gasteiger partial charge in [-0.3, -0.25) is 4.79 Å². The topological polar surface area (TPSA) is 26.3 Å². The Morgan fingerprint density at radius 3 is 2.54 bits per heavy atom. The van der Waals surface area contributed by atoms with Crippen LogP contribution in [0.1, 0.15) is 18.4 Å². The smallest absolute Gasteiger partial charge is 0.309 e. The van der Waals surface area contributed by atoms with Crippen LogP contribution in [-0.2, 0) is 9.53 Å². The molecule has 1 aliphatic heterocycles. The van der Waals surface area contributed by atoms with E-state index in [1.165, 1.54) is 5.56 Å². The van der Waals surface area contributed by atoms with E-state index in [-0.39, 0.29) is 17.8 Å². The molecule has 1 aliphatic rings. The van der Waals surface area contributed by atoms with Gasteiger partial charge >= 0.3 is 5.97 Å². The van der Waals surface area contributed by atoms with Gasteiger partial charge in [0, 0.05) is 5.92 Å². The van der Waals surface area contributed by atoms with E-state index >= 15 is 0 Å². The summed E-state index contributed by atoms with van der Waals surface area (Å²) in [5.74, 6) is 0.171. The van der Waals surface area contributed by atoms with Crippen LogP contribution in [0.2, 0.25) is 0 Å². The lowest BCUT2D eigenvalue weighted by molar-refractivity contribution is -0.140. The molecule has 0 unspecified atom stereocenters. The van der Waals surface area contributed by atoms with Gasteiger partial charge in [-0.25, -0.2) is 0 Å². The molecule has 0 aliphatic carbocycles. The molecule has 0 bridgehead atoms. The zero-order valence-electron chi connectivity index (χ0n) is 7.57. The number of carbonyl (C=O) groups is 1. The van der Waals surface area contributed by atoms with Crippen molar-refractivity contribution < 1.29 is 9.53 Å². The van der Waals surface area contributed by atoms with Gasteiger partial charge in [0.25, 0.3) is 0 Å². The first kappa shape index (κ1) is 8.30. The Labute approximate surface area is 77.5 Å². The number of rotatable bonds is 1. The third-order valence-corrected chi connectivity index (χ3v) is 2.61. The van der Waals surface area contributed by atoms with Crippen LogP contribution in [0.5, 0.6) is 0 Å². The molecule has 1 saturated heterocycles. The Hall–Kier alpha value is -1.31. The number of benzene rings is 1. The van der Waals surface area contributed by atoms with Gasteiger partial charge in [-0.05, 0) is 5.56 Å². The lowest BCUT2D eigenvalue weighted by Crippen LogP contribution is -2.09. The summed E-state index contributed by atoms with van der Waals surface area (Å²) in [7, 11) is 0. The Bertz CT molecular complexity index is 305. The van der Waals surface area contributed by atoms with E-state index in [0.29, 0.717) is 6.61 Å². The fourth-order valence-electron chi connectivity index (χ4n) is 1.70. The largest absolute Gasteiger partial charge is 0.465 e. The minimum Gasteiger partial charge on any atom is -0.465 e. The average molecular weight is 176 g/mol. The first-order valence-electron chi connectivity index (χ1n) is 4.50. The van der Waals surface area contributed by atoms with Crippen molar-refractivity contribution >= 4 is 5.97 Å². The summed E-state index contributed by atoms with van der Waals surface area (Å²) in [5.41, 5.74) is 1.20. The summed E-state index contributed by atoms with van der Waals surface area (Å²) in [6.07, 6.45) is 0. The summed E-state index contributed by atoms with van der Waals surface area (Å²) >= 11 is 0. The molecular weight excluding hydrogens is 164 g/mol. The standard InChI is InChI=1S/C11H12O2/c1-8-10(7-13-11(8)12)9-5-3-2-4-6-9/h2-6,8,10H,7H2,1H3/t8-,10+/m0/s1. The van der Waals surface area contributed by atoms with Gasteiger partial charge in [0.2, 0.25) is 0 Å². The normalized spacial score (nSPS) is 27.3. The monoisotopic (exact) mass is 176 g/mol. The number of carbonyl (C=O) groups excluding carboxylic acids is 1. The molecule has 1 aromatic rings. The van der Waals surface area contributed by atoms with E-state index in [1.54, 1.807) is 0 Å². The molecule has 0 aromatic heterocycles. The van der Waals surface area contributed by atoms with Crippen LogP contribution >= 0.6 is 0 Å². The van der Waals surface area contributed by atoms with Crippen molar-refractivity contribution in [3.05, 3.63) is 35.9 Å². The zero-order chi connectivity index (χ0) is 9.26. The Kier molecular flexibility index (Phi) is 2.05. The van der Waals surface area contributed by atoms with Crippen LogP contribution in [0, 0.1) is 5.92 Å². The maximum Gasteiger partial charge on any atom is 0.309 e. The highest BCUT2D eigenvalue weighted by molar-refractivity contribution is 5.75. The van der Waals surface area contributed by atoms with Crippen LogP contribution in [0.25, 0.3) is 0 Å². The van der Waals surface area contributed by atoms with Gasteiger partial charge in [0.15, 0.2) is 0 Å². The van der Waals surface area contributed by atoms with Gasteiger partial charge in [-0.1, -0.05) is 37.3 Å². The third kappa shape index (κ3) is 1.44. The SMILES string of the molecule is C[C@@H]1C(=O)OC[C@H]1c1ccccc1. The number of cyclic esters (lactones) is 1. The molecule has 68 valence electrons. The van der Waals surface area contributed by atoms with Crippen LogP contribution in [0.15, 0.2) is 30.3 Å². The molecule has 0 amide bonds. The fraction of sp³-hybridized carbons (Fsp3) is 0.364. The van der Waals surface area contributed by atoms with E-state index in [0.717, 1.165) is 0 Å². The molecule has 2 rings (SSSR count). The van der Waals surface area contributed by atoms with Gasteiger partial charge in [-0.15, -0.1) is 0 Å². The number of hydrogen-bond donors (Lipinski definition) is 0. The lowest BCUT2D eigenvalue weighted by atomic mass is 9.90. The number of hydrogen-bond acceptors (Lipinski definition) is 2. The Balaban J connectivity index is 2.24. The van der Waals surface area contributed by atoms with Crippen LogP contribution < -0.4 is 0 Å². The van der Waals surface area contributed by atoms with Crippen molar-refractivity contribution in [1.29, 1.82) is 0 Å². The van der Waals surface area contributed by atoms with E-state index in [4.69, 9.17) is 4.74 Å². The second-order valence-electron chi connectivity index (χ2n) is 3.44. The van der Waals surface area contributed by atoms with Crippen molar-refractivity contribution in [2.45, 2.75) is 12.8 Å². The molecule has 1 aromatic carbocycles. The van der Waals surface area contributed by atoms with Crippen molar-refractivity contribution in [1.82, 2.24) is 0 Å². The molecule has 0 N–H and O–H groups in total. The summed E-state index contributed by atoms with van der Waals surface area (Å²) in [5, 5.41) is 0. The number of ether oxygens (including phenoxy) is 1. The van der Waals surface area contributed by atoms with Crippen molar-refractivity contribution in [3.8, 4) is 0 Å². The first-order chi connectivity index (χ1) is 6.29. The number of esters is 1. The van der Waals surface area contributed by atoms with E-state index in [2.05, 4.69) is 0 Å². The predicted octanol–water partition coefficient (Wildman–Crippen LogP) is 1.96. The summed E-state index contributed by atoms with van der Waals surface area (Å²) < 4.78 is 4.99. The molecule has 0 saturated carbocycles.